The third-order valence-electron chi connectivity index (χ3n) is 4.04. The third-order valence-corrected chi connectivity index (χ3v) is 4.04. The van der Waals surface area contributed by atoms with Crippen molar-refractivity contribution in [3.05, 3.63) is 119 Å². The molecule has 1 heteroatoms. The SMILES string of the molecule is [C-]1=CC(Cc2ccccc2)=CC1.[C-]1=CC(Cc2ccccc2)=CC1.[Fe+2]. The molecule has 2 aliphatic rings. The topological polar surface area (TPSA) is 0 Å². The largest absolute Gasteiger partial charge is 2.00 e. The van der Waals surface area contributed by atoms with E-state index in [-0.39, 0.29) is 17.1 Å². The summed E-state index contributed by atoms with van der Waals surface area (Å²) in [5.41, 5.74) is 5.54. The number of rotatable bonds is 4. The van der Waals surface area contributed by atoms with E-state index in [9.17, 15) is 0 Å². The Bertz CT molecular complexity index is 682. The molecule has 0 atom stereocenters. The van der Waals surface area contributed by atoms with E-state index in [2.05, 4.69) is 97.1 Å². The molecule has 2 aliphatic carbocycles. The molecule has 0 radical (unpaired) electrons. The van der Waals surface area contributed by atoms with E-state index >= 15 is 0 Å². The van der Waals surface area contributed by atoms with Crippen molar-refractivity contribution in [1.82, 2.24) is 0 Å². The van der Waals surface area contributed by atoms with Gasteiger partial charge >= 0.3 is 17.1 Å². The molecule has 0 bridgehead atoms. The molecule has 0 spiro atoms. The molecule has 0 saturated carbocycles. The van der Waals surface area contributed by atoms with Gasteiger partial charge in [-0.1, -0.05) is 84.6 Å². The van der Waals surface area contributed by atoms with E-state index in [4.69, 9.17) is 0 Å². The molecular weight excluding hydrogens is 344 g/mol. The summed E-state index contributed by atoms with van der Waals surface area (Å²) in [5.74, 6) is 0. The minimum atomic E-state index is 0. The van der Waals surface area contributed by atoms with Crippen LogP contribution in [-0.4, -0.2) is 0 Å². The molecule has 0 aliphatic heterocycles. The van der Waals surface area contributed by atoms with E-state index in [0.717, 1.165) is 25.7 Å². The summed E-state index contributed by atoms with van der Waals surface area (Å²) in [5, 5.41) is 0. The fraction of sp³-hybridized carbons (Fsp3) is 0.167. The average molecular weight is 366 g/mol. The summed E-state index contributed by atoms with van der Waals surface area (Å²) in [6.45, 7) is 0. The minimum absolute atomic E-state index is 0. The van der Waals surface area contributed by atoms with E-state index in [1.807, 2.05) is 0 Å². The van der Waals surface area contributed by atoms with E-state index in [1.165, 1.54) is 22.3 Å². The molecule has 0 heterocycles. The van der Waals surface area contributed by atoms with Crippen LogP contribution in [0.5, 0.6) is 0 Å². The van der Waals surface area contributed by atoms with Gasteiger partial charge < -0.3 is 0 Å². The quantitative estimate of drug-likeness (QED) is 0.471. The summed E-state index contributed by atoms with van der Waals surface area (Å²) < 4.78 is 0. The molecule has 25 heavy (non-hydrogen) atoms. The molecule has 0 fully saturated rings. The first kappa shape index (κ1) is 19.2. The summed E-state index contributed by atoms with van der Waals surface area (Å²) in [6, 6.07) is 21.1. The van der Waals surface area contributed by atoms with Crippen molar-refractivity contribution in [2.45, 2.75) is 25.7 Å². The number of hydrogen-bond donors (Lipinski definition) is 0. The standard InChI is InChI=1S/2C12H11.Fe/c2*1-2-6-11(7-3-1)10-12-8-4-5-9-12;/h2*1-3,6-9H,4,10H2;/q2*-1;+2. The minimum Gasteiger partial charge on any atom is -0.273 e. The Kier molecular flexibility index (Phi) is 8.25. The maximum absolute atomic E-state index is 3.17. The average Bonchev–Trinajstić information content (AvgIpc) is 3.32. The molecular formula is C24H22Fe. The van der Waals surface area contributed by atoms with Gasteiger partial charge in [0.1, 0.15) is 0 Å². The molecule has 2 aromatic rings. The van der Waals surface area contributed by atoms with E-state index in [0.29, 0.717) is 0 Å². The molecule has 0 nitrogen and oxygen atoms in total. The second kappa shape index (κ2) is 10.7. The van der Waals surface area contributed by atoms with Crippen LogP contribution in [0, 0.1) is 12.2 Å². The van der Waals surface area contributed by atoms with Crippen LogP contribution in [0.4, 0.5) is 0 Å². The van der Waals surface area contributed by atoms with Crippen LogP contribution in [0.2, 0.25) is 0 Å². The zero-order chi connectivity index (χ0) is 16.5. The van der Waals surface area contributed by atoms with Crippen molar-refractivity contribution in [2.75, 3.05) is 0 Å². The fourth-order valence-corrected chi connectivity index (χ4v) is 2.79. The summed E-state index contributed by atoms with van der Waals surface area (Å²) in [4.78, 5) is 0. The molecule has 2 aromatic carbocycles. The first-order valence-electron chi connectivity index (χ1n) is 8.49. The Labute approximate surface area is 162 Å². The Hall–Kier alpha value is -2.08. The van der Waals surface area contributed by atoms with Gasteiger partial charge in [-0.05, 0) is 0 Å². The van der Waals surface area contributed by atoms with Crippen molar-refractivity contribution < 1.29 is 17.1 Å². The van der Waals surface area contributed by atoms with Crippen LogP contribution < -0.4 is 0 Å². The fourth-order valence-electron chi connectivity index (χ4n) is 2.79. The molecule has 0 N–H and O–H groups in total. The van der Waals surface area contributed by atoms with Gasteiger partial charge in [0.25, 0.3) is 0 Å². The Morgan fingerprint density at radius 1 is 0.600 bits per heavy atom. The first-order chi connectivity index (χ1) is 11.9. The third kappa shape index (κ3) is 6.74. The van der Waals surface area contributed by atoms with Gasteiger partial charge in [0.05, 0.1) is 0 Å². The molecule has 0 aromatic heterocycles. The van der Waals surface area contributed by atoms with Gasteiger partial charge in [-0.15, -0.1) is 12.8 Å². The van der Waals surface area contributed by atoms with Crippen LogP contribution in [0.1, 0.15) is 24.0 Å². The summed E-state index contributed by atoms with van der Waals surface area (Å²) in [7, 11) is 0. The molecule has 0 amide bonds. The number of benzene rings is 2. The van der Waals surface area contributed by atoms with Crippen LogP contribution >= 0.6 is 0 Å². The van der Waals surface area contributed by atoms with Crippen LogP contribution in [-0.2, 0) is 29.9 Å². The second-order valence-corrected chi connectivity index (χ2v) is 5.99. The van der Waals surface area contributed by atoms with Gasteiger partial charge in [0, 0.05) is 0 Å². The van der Waals surface area contributed by atoms with Crippen LogP contribution in [0.3, 0.4) is 0 Å². The van der Waals surface area contributed by atoms with Crippen molar-refractivity contribution in [2.24, 2.45) is 0 Å². The number of hydrogen-bond acceptors (Lipinski definition) is 0. The Morgan fingerprint density at radius 3 is 1.32 bits per heavy atom. The smallest absolute Gasteiger partial charge is 0.273 e. The monoisotopic (exact) mass is 366 g/mol. The van der Waals surface area contributed by atoms with Crippen LogP contribution in [0.15, 0.2) is 96.1 Å². The molecule has 126 valence electrons. The van der Waals surface area contributed by atoms with Gasteiger partial charge in [-0.2, -0.15) is 23.3 Å². The van der Waals surface area contributed by atoms with Gasteiger partial charge in [0.15, 0.2) is 0 Å². The molecule has 0 saturated heterocycles. The maximum Gasteiger partial charge on any atom is 2.00 e. The van der Waals surface area contributed by atoms with Gasteiger partial charge in [-0.25, -0.2) is 12.2 Å². The predicted molar refractivity (Wildman–Crippen MR) is 101 cm³/mol. The van der Waals surface area contributed by atoms with Crippen molar-refractivity contribution in [3.63, 3.8) is 0 Å². The summed E-state index contributed by atoms with van der Waals surface area (Å²) in [6.07, 6.45) is 19.1. The zero-order valence-electron chi connectivity index (χ0n) is 14.3. The second-order valence-electron chi connectivity index (χ2n) is 5.99. The first-order valence-corrected chi connectivity index (χ1v) is 8.49. The summed E-state index contributed by atoms with van der Waals surface area (Å²) >= 11 is 0. The normalized spacial score (nSPS) is 14.2. The maximum atomic E-state index is 3.17. The molecule has 4 rings (SSSR count). The molecule has 0 unspecified atom stereocenters. The Balaban J connectivity index is 0.000000173. The van der Waals surface area contributed by atoms with Gasteiger partial charge in [-0.3, -0.25) is 12.2 Å². The predicted octanol–water partition coefficient (Wildman–Crippen LogP) is 5.83. The van der Waals surface area contributed by atoms with Gasteiger partial charge in [0.2, 0.25) is 0 Å². The van der Waals surface area contributed by atoms with E-state index < -0.39 is 0 Å². The van der Waals surface area contributed by atoms with Crippen LogP contribution in [0.25, 0.3) is 0 Å². The van der Waals surface area contributed by atoms with Crippen molar-refractivity contribution >= 4 is 0 Å². The van der Waals surface area contributed by atoms with Crippen molar-refractivity contribution in [1.29, 1.82) is 0 Å². The van der Waals surface area contributed by atoms with E-state index in [1.54, 1.807) is 0 Å². The van der Waals surface area contributed by atoms with Crippen molar-refractivity contribution in [3.8, 4) is 0 Å². The number of allylic oxidation sites excluding steroid dienone is 8. The Morgan fingerprint density at radius 2 is 1.00 bits per heavy atom. The zero-order valence-corrected chi connectivity index (χ0v) is 15.4.